The molecule has 2 aromatic carbocycles. The summed E-state index contributed by atoms with van der Waals surface area (Å²) in [5, 5.41) is 8.74. The molecule has 144 valence electrons. The van der Waals surface area contributed by atoms with E-state index in [0.717, 1.165) is 24.0 Å². The quantitative estimate of drug-likeness (QED) is 0.702. The summed E-state index contributed by atoms with van der Waals surface area (Å²) in [5.74, 6) is 0. The maximum absolute atomic E-state index is 4.93. The van der Waals surface area contributed by atoms with Crippen LogP contribution < -0.4 is 5.32 Å². The van der Waals surface area contributed by atoms with Crippen LogP contribution in [0.25, 0.3) is 16.9 Å². The third kappa shape index (κ3) is 3.89. The molecule has 0 bridgehead atoms. The van der Waals surface area contributed by atoms with Crippen molar-refractivity contribution in [2.45, 2.75) is 44.3 Å². The van der Waals surface area contributed by atoms with Crippen LogP contribution >= 0.6 is 0 Å². The summed E-state index contributed by atoms with van der Waals surface area (Å²) < 4.78 is 2.01. The van der Waals surface area contributed by atoms with Gasteiger partial charge in [-0.3, -0.25) is 0 Å². The molecular formula is C24H28N4. The molecule has 1 aliphatic carbocycles. The molecule has 5 rings (SSSR count). The Kier molecular flexibility index (Phi) is 4.98. The number of nitrogens with zero attached hydrogens (tertiary/aromatic N) is 3. The minimum absolute atomic E-state index is 0.610. The summed E-state index contributed by atoms with van der Waals surface area (Å²) in [5.41, 5.74) is 4.62. The summed E-state index contributed by atoms with van der Waals surface area (Å²) in [4.78, 5) is 2.68. The molecule has 3 aromatic rings. The van der Waals surface area contributed by atoms with Gasteiger partial charge in [-0.15, -0.1) is 0 Å². The standard InChI is InChI=1S/C24H28N4/c1-3-7-19(8-4-1)24-20(18-28(26-24)23-9-5-2-6-10-23)17-25-21-13-15-27(16-14-21)22-11-12-22/h1-10,18,21-22,25H,11-17H2. The van der Waals surface area contributed by atoms with Crippen LogP contribution in [0.1, 0.15) is 31.2 Å². The Bertz CT molecular complexity index is 891. The van der Waals surface area contributed by atoms with E-state index in [0.29, 0.717) is 6.04 Å². The van der Waals surface area contributed by atoms with Gasteiger partial charge < -0.3 is 10.2 Å². The Balaban J connectivity index is 1.33. The Hall–Kier alpha value is -2.43. The predicted octanol–water partition coefficient (Wildman–Crippen LogP) is 4.26. The Labute approximate surface area is 167 Å². The van der Waals surface area contributed by atoms with E-state index in [1.165, 1.54) is 49.9 Å². The van der Waals surface area contributed by atoms with Crippen molar-refractivity contribution in [1.29, 1.82) is 0 Å². The number of benzene rings is 2. The Morgan fingerprint density at radius 2 is 1.54 bits per heavy atom. The van der Waals surface area contributed by atoms with Crippen LogP contribution in [0.3, 0.4) is 0 Å². The van der Waals surface area contributed by atoms with E-state index in [-0.39, 0.29) is 0 Å². The van der Waals surface area contributed by atoms with Gasteiger partial charge in [-0.1, -0.05) is 48.5 Å². The molecule has 0 atom stereocenters. The van der Waals surface area contributed by atoms with E-state index in [1.54, 1.807) is 0 Å². The zero-order chi connectivity index (χ0) is 18.8. The molecule has 1 aliphatic heterocycles. The second-order valence-electron chi connectivity index (χ2n) is 8.07. The number of rotatable bonds is 6. The first-order valence-corrected chi connectivity index (χ1v) is 10.5. The molecule has 0 amide bonds. The van der Waals surface area contributed by atoms with Crippen molar-refractivity contribution >= 4 is 0 Å². The molecule has 0 radical (unpaired) electrons. The number of hydrogen-bond donors (Lipinski definition) is 1. The first-order chi connectivity index (χ1) is 13.9. The van der Waals surface area contributed by atoms with E-state index >= 15 is 0 Å². The van der Waals surface area contributed by atoms with Gasteiger partial charge in [-0.2, -0.15) is 5.10 Å². The molecular weight excluding hydrogens is 344 g/mol. The number of para-hydroxylation sites is 1. The van der Waals surface area contributed by atoms with Gasteiger partial charge in [0.15, 0.2) is 0 Å². The molecule has 2 heterocycles. The van der Waals surface area contributed by atoms with Crippen LogP contribution in [0, 0.1) is 0 Å². The van der Waals surface area contributed by atoms with Crippen molar-refractivity contribution in [3.8, 4) is 16.9 Å². The van der Waals surface area contributed by atoms with E-state index in [2.05, 4.69) is 71.0 Å². The molecule has 0 spiro atoms. The van der Waals surface area contributed by atoms with Crippen molar-refractivity contribution in [2.24, 2.45) is 0 Å². The fraction of sp³-hybridized carbons (Fsp3) is 0.375. The van der Waals surface area contributed by atoms with E-state index in [9.17, 15) is 0 Å². The lowest BCUT2D eigenvalue weighted by atomic mass is 10.0. The SMILES string of the molecule is c1ccc(-c2nn(-c3ccccc3)cc2CNC2CCN(C3CC3)CC2)cc1. The van der Waals surface area contributed by atoms with Gasteiger partial charge >= 0.3 is 0 Å². The Morgan fingerprint density at radius 3 is 2.21 bits per heavy atom. The normalized spacial score (nSPS) is 18.4. The molecule has 1 saturated carbocycles. The lowest BCUT2D eigenvalue weighted by Crippen LogP contribution is -2.43. The highest BCUT2D eigenvalue weighted by molar-refractivity contribution is 5.63. The van der Waals surface area contributed by atoms with Crippen LogP contribution in [0.5, 0.6) is 0 Å². The minimum Gasteiger partial charge on any atom is -0.310 e. The van der Waals surface area contributed by atoms with Gasteiger partial charge in [0, 0.05) is 36.0 Å². The molecule has 4 nitrogen and oxygen atoms in total. The van der Waals surface area contributed by atoms with Gasteiger partial charge in [0.2, 0.25) is 0 Å². The lowest BCUT2D eigenvalue weighted by Gasteiger charge is -2.32. The summed E-state index contributed by atoms with van der Waals surface area (Å²) in [7, 11) is 0. The molecule has 1 saturated heterocycles. The van der Waals surface area contributed by atoms with E-state index in [4.69, 9.17) is 5.10 Å². The van der Waals surface area contributed by atoms with Crippen molar-refractivity contribution in [1.82, 2.24) is 20.0 Å². The second kappa shape index (κ2) is 7.90. The summed E-state index contributed by atoms with van der Waals surface area (Å²) in [6, 6.07) is 22.4. The van der Waals surface area contributed by atoms with Crippen LogP contribution in [0.2, 0.25) is 0 Å². The van der Waals surface area contributed by atoms with Crippen LogP contribution in [0.4, 0.5) is 0 Å². The Morgan fingerprint density at radius 1 is 0.857 bits per heavy atom. The van der Waals surface area contributed by atoms with Gasteiger partial charge in [0.05, 0.1) is 11.4 Å². The van der Waals surface area contributed by atoms with Gasteiger partial charge in [-0.25, -0.2) is 4.68 Å². The highest BCUT2D eigenvalue weighted by Crippen LogP contribution is 2.29. The maximum atomic E-state index is 4.93. The third-order valence-corrected chi connectivity index (χ3v) is 6.03. The molecule has 0 unspecified atom stereocenters. The first kappa shape index (κ1) is 17.7. The van der Waals surface area contributed by atoms with Gasteiger partial charge in [0.1, 0.15) is 0 Å². The molecule has 2 fully saturated rings. The number of aromatic nitrogens is 2. The smallest absolute Gasteiger partial charge is 0.0972 e. The first-order valence-electron chi connectivity index (χ1n) is 10.5. The number of hydrogen-bond acceptors (Lipinski definition) is 3. The fourth-order valence-electron chi connectivity index (χ4n) is 4.25. The van der Waals surface area contributed by atoms with E-state index < -0.39 is 0 Å². The van der Waals surface area contributed by atoms with Crippen molar-refractivity contribution < 1.29 is 0 Å². The highest BCUT2D eigenvalue weighted by Gasteiger charge is 2.31. The van der Waals surface area contributed by atoms with E-state index in [1.807, 2.05) is 10.7 Å². The zero-order valence-corrected chi connectivity index (χ0v) is 16.3. The monoisotopic (exact) mass is 372 g/mol. The average Bonchev–Trinajstić information content (AvgIpc) is 3.53. The third-order valence-electron chi connectivity index (χ3n) is 6.03. The largest absolute Gasteiger partial charge is 0.310 e. The van der Waals surface area contributed by atoms with Gasteiger partial charge in [-0.05, 0) is 50.9 Å². The molecule has 4 heteroatoms. The molecule has 2 aliphatic rings. The second-order valence-corrected chi connectivity index (χ2v) is 8.07. The topological polar surface area (TPSA) is 33.1 Å². The molecule has 1 N–H and O–H groups in total. The number of nitrogens with one attached hydrogen (secondary N) is 1. The van der Waals surface area contributed by atoms with Crippen LogP contribution in [-0.4, -0.2) is 39.9 Å². The van der Waals surface area contributed by atoms with Crippen molar-refractivity contribution in [2.75, 3.05) is 13.1 Å². The highest BCUT2D eigenvalue weighted by atomic mass is 15.3. The van der Waals surface area contributed by atoms with Gasteiger partial charge in [0.25, 0.3) is 0 Å². The number of piperidine rings is 1. The van der Waals surface area contributed by atoms with Crippen molar-refractivity contribution in [3.05, 3.63) is 72.4 Å². The maximum Gasteiger partial charge on any atom is 0.0972 e. The number of likely N-dealkylation sites (tertiary alicyclic amines) is 1. The summed E-state index contributed by atoms with van der Waals surface area (Å²) in [6.07, 6.45) is 7.52. The summed E-state index contributed by atoms with van der Waals surface area (Å²) >= 11 is 0. The molecule has 28 heavy (non-hydrogen) atoms. The van der Waals surface area contributed by atoms with Crippen LogP contribution in [-0.2, 0) is 6.54 Å². The minimum atomic E-state index is 0.610. The zero-order valence-electron chi connectivity index (χ0n) is 16.3. The van der Waals surface area contributed by atoms with Crippen molar-refractivity contribution in [3.63, 3.8) is 0 Å². The summed E-state index contributed by atoms with van der Waals surface area (Å²) in [6.45, 7) is 3.36. The molecule has 1 aromatic heterocycles. The predicted molar refractivity (Wildman–Crippen MR) is 113 cm³/mol. The fourth-order valence-corrected chi connectivity index (χ4v) is 4.25. The van der Waals surface area contributed by atoms with Crippen LogP contribution in [0.15, 0.2) is 66.9 Å². The average molecular weight is 373 g/mol. The lowest BCUT2D eigenvalue weighted by molar-refractivity contribution is 0.189.